The molecule has 0 radical (unpaired) electrons. The second-order valence-electron chi connectivity index (χ2n) is 6.07. The number of amides is 1. The Kier molecular flexibility index (Phi) is 4.53. The highest BCUT2D eigenvalue weighted by Crippen LogP contribution is 2.28. The topological polar surface area (TPSA) is 59.2 Å². The lowest BCUT2D eigenvalue weighted by Gasteiger charge is -2.32. The molecule has 0 aliphatic carbocycles. The van der Waals surface area contributed by atoms with E-state index in [9.17, 15) is 4.79 Å². The van der Waals surface area contributed by atoms with Gasteiger partial charge >= 0.3 is 0 Å². The summed E-state index contributed by atoms with van der Waals surface area (Å²) >= 11 is 5.87. The van der Waals surface area contributed by atoms with Crippen molar-refractivity contribution in [3.8, 4) is 0 Å². The lowest BCUT2D eigenvalue weighted by Crippen LogP contribution is -2.38. The van der Waals surface area contributed by atoms with Crippen molar-refractivity contribution in [1.29, 1.82) is 0 Å². The minimum atomic E-state index is 0.0665. The maximum atomic E-state index is 12.5. The van der Waals surface area contributed by atoms with Crippen LogP contribution in [0.15, 0.2) is 36.4 Å². The van der Waals surface area contributed by atoms with Crippen LogP contribution in [0.1, 0.15) is 40.4 Å². The van der Waals surface area contributed by atoms with Gasteiger partial charge in [-0.3, -0.25) is 4.79 Å². The molecule has 1 aromatic heterocycles. The van der Waals surface area contributed by atoms with Crippen LogP contribution >= 0.6 is 11.6 Å². The quantitative estimate of drug-likeness (QED) is 0.915. The predicted molar refractivity (Wildman–Crippen MR) is 92.7 cm³/mol. The average Bonchev–Trinajstić information content (AvgIpc) is 2.54. The normalized spacial score (nSPS) is 15.7. The van der Waals surface area contributed by atoms with Gasteiger partial charge in [0.05, 0.1) is 0 Å². The van der Waals surface area contributed by atoms with E-state index in [1.54, 1.807) is 24.3 Å². The van der Waals surface area contributed by atoms with Crippen LogP contribution in [-0.4, -0.2) is 28.9 Å². The second-order valence-corrected chi connectivity index (χ2v) is 6.50. The van der Waals surface area contributed by atoms with Gasteiger partial charge in [-0.25, -0.2) is 4.98 Å². The number of aromatic nitrogens is 1. The molecule has 2 N–H and O–H groups in total. The standard InChI is InChI=1S/C18H20ClN3O/c1-12-10-16(21-17(20)11-12)13-6-8-22(9-7-13)18(23)14-2-4-15(19)5-3-14/h2-5,10-11,13H,6-9H2,1H3,(H2,20,21). The summed E-state index contributed by atoms with van der Waals surface area (Å²) in [6, 6.07) is 11.0. The van der Waals surface area contributed by atoms with Gasteiger partial charge in [-0.2, -0.15) is 0 Å². The average molecular weight is 330 g/mol. The van der Waals surface area contributed by atoms with Crippen molar-refractivity contribution in [2.24, 2.45) is 0 Å². The molecular formula is C18H20ClN3O. The van der Waals surface area contributed by atoms with Gasteiger partial charge in [-0.05, 0) is 61.7 Å². The fourth-order valence-electron chi connectivity index (χ4n) is 3.08. The highest BCUT2D eigenvalue weighted by molar-refractivity contribution is 6.30. The number of nitrogen functional groups attached to an aromatic ring is 1. The van der Waals surface area contributed by atoms with Gasteiger partial charge in [-0.1, -0.05) is 11.6 Å². The van der Waals surface area contributed by atoms with Crippen LogP contribution in [0.2, 0.25) is 5.02 Å². The number of nitrogens with two attached hydrogens (primary N) is 1. The molecule has 0 unspecified atom stereocenters. The van der Waals surface area contributed by atoms with Gasteiger partial charge in [0.2, 0.25) is 0 Å². The number of nitrogens with zero attached hydrogens (tertiary/aromatic N) is 2. The Bertz CT molecular complexity index is 686. The summed E-state index contributed by atoms with van der Waals surface area (Å²) in [6.45, 7) is 3.50. The number of carbonyl (C=O) groups excluding carboxylic acids is 1. The van der Waals surface area contributed by atoms with Crippen LogP contribution in [-0.2, 0) is 0 Å². The number of aryl methyl sites for hydroxylation is 1. The number of halogens is 1. The first kappa shape index (κ1) is 15.8. The molecule has 1 saturated heterocycles. The Morgan fingerprint density at radius 2 is 1.87 bits per heavy atom. The molecule has 2 aromatic rings. The molecule has 2 heterocycles. The van der Waals surface area contributed by atoms with E-state index < -0.39 is 0 Å². The Hall–Kier alpha value is -2.07. The first-order valence-corrected chi connectivity index (χ1v) is 8.19. The summed E-state index contributed by atoms with van der Waals surface area (Å²) in [4.78, 5) is 18.9. The summed E-state index contributed by atoms with van der Waals surface area (Å²) < 4.78 is 0. The third-order valence-electron chi connectivity index (χ3n) is 4.30. The molecule has 0 atom stereocenters. The van der Waals surface area contributed by atoms with E-state index in [1.165, 1.54) is 0 Å². The van der Waals surface area contributed by atoms with E-state index in [-0.39, 0.29) is 5.91 Å². The zero-order chi connectivity index (χ0) is 16.4. The lowest BCUT2D eigenvalue weighted by molar-refractivity contribution is 0.0712. The third-order valence-corrected chi connectivity index (χ3v) is 4.55. The van der Waals surface area contributed by atoms with E-state index in [0.29, 0.717) is 22.3 Å². The smallest absolute Gasteiger partial charge is 0.253 e. The maximum Gasteiger partial charge on any atom is 0.253 e. The molecule has 23 heavy (non-hydrogen) atoms. The summed E-state index contributed by atoms with van der Waals surface area (Å²) in [7, 11) is 0. The molecule has 0 saturated carbocycles. The van der Waals surface area contributed by atoms with Gasteiger partial charge in [0.25, 0.3) is 5.91 Å². The fourth-order valence-corrected chi connectivity index (χ4v) is 3.21. The van der Waals surface area contributed by atoms with Crippen LogP contribution in [0, 0.1) is 6.92 Å². The van der Waals surface area contributed by atoms with Gasteiger partial charge in [0.15, 0.2) is 0 Å². The third kappa shape index (κ3) is 3.64. The molecule has 0 bridgehead atoms. The first-order valence-electron chi connectivity index (χ1n) is 7.82. The summed E-state index contributed by atoms with van der Waals surface area (Å²) in [5.41, 5.74) is 8.70. The van der Waals surface area contributed by atoms with Crippen molar-refractivity contribution >= 4 is 23.3 Å². The fraction of sp³-hybridized carbons (Fsp3) is 0.333. The van der Waals surface area contributed by atoms with Crippen LogP contribution < -0.4 is 5.73 Å². The van der Waals surface area contributed by atoms with Crippen molar-refractivity contribution in [2.45, 2.75) is 25.7 Å². The highest BCUT2D eigenvalue weighted by atomic mass is 35.5. The SMILES string of the molecule is Cc1cc(N)nc(C2CCN(C(=O)c3ccc(Cl)cc3)CC2)c1. The largest absolute Gasteiger partial charge is 0.384 e. The molecule has 3 rings (SSSR count). The van der Waals surface area contributed by atoms with E-state index in [0.717, 1.165) is 37.2 Å². The number of hydrogen-bond acceptors (Lipinski definition) is 3. The lowest BCUT2D eigenvalue weighted by atomic mass is 9.92. The van der Waals surface area contributed by atoms with Gasteiger partial charge in [-0.15, -0.1) is 0 Å². The number of rotatable bonds is 2. The van der Waals surface area contributed by atoms with Crippen molar-refractivity contribution in [3.05, 3.63) is 58.2 Å². The minimum absolute atomic E-state index is 0.0665. The number of piperidine rings is 1. The maximum absolute atomic E-state index is 12.5. The van der Waals surface area contributed by atoms with E-state index >= 15 is 0 Å². The van der Waals surface area contributed by atoms with Crippen molar-refractivity contribution in [2.75, 3.05) is 18.8 Å². The Morgan fingerprint density at radius 1 is 1.22 bits per heavy atom. The van der Waals surface area contributed by atoms with Crippen LogP contribution in [0.5, 0.6) is 0 Å². The van der Waals surface area contributed by atoms with E-state index in [4.69, 9.17) is 17.3 Å². The highest BCUT2D eigenvalue weighted by Gasteiger charge is 2.25. The number of carbonyl (C=O) groups is 1. The molecule has 1 amide bonds. The Labute approximate surface area is 141 Å². The zero-order valence-electron chi connectivity index (χ0n) is 13.1. The van der Waals surface area contributed by atoms with Gasteiger partial charge in [0, 0.05) is 35.3 Å². The van der Waals surface area contributed by atoms with Crippen molar-refractivity contribution in [1.82, 2.24) is 9.88 Å². The van der Waals surface area contributed by atoms with Crippen molar-refractivity contribution in [3.63, 3.8) is 0 Å². The summed E-state index contributed by atoms with van der Waals surface area (Å²) in [5, 5.41) is 0.642. The number of likely N-dealkylation sites (tertiary alicyclic amines) is 1. The summed E-state index contributed by atoms with van der Waals surface area (Å²) in [6.07, 6.45) is 1.82. The molecule has 1 aromatic carbocycles. The number of anilines is 1. The predicted octanol–water partition coefficient (Wildman–Crippen LogP) is 3.65. The van der Waals surface area contributed by atoms with Crippen LogP contribution in [0.25, 0.3) is 0 Å². The van der Waals surface area contributed by atoms with E-state index in [1.807, 2.05) is 17.9 Å². The molecule has 1 aliphatic heterocycles. The molecule has 1 aliphatic rings. The number of pyridine rings is 1. The monoisotopic (exact) mass is 329 g/mol. The Balaban J connectivity index is 1.66. The van der Waals surface area contributed by atoms with Crippen molar-refractivity contribution < 1.29 is 4.79 Å². The molecular weight excluding hydrogens is 310 g/mol. The van der Waals surface area contributed by atoms with Gasteiger partial charge in [0.1, 0.15) is 5.82 Å². The zero-order valence-corrected chi connectivity index (χ0v) is 13.9. The molecule has 4 nitrogen and oxygen atoms in total. The number of benzene rings is 1. The molecule has 1 fully saturated rings. The Morgan fingerprint density at radius 3 is 2.48 bits per heavy atom. The van der Waals surface area contributed by atoms with Gasteiger partial charge < -0.3 is 10.6 Å². The molecule has 120 valence electrons. The number of hydrogen-bond donors (Lipinski definition) is 1. The second kappa shape index (κ2) is 6.59. The molecule has 5 heteroatoms. The summed E-state index contributed by atoms with van der Waals surface area (Å²) in [5.74, 6) is 1.00. The minimum Gasteiger partial charge on any atom is -0.384 e. The first-order chi connectivity index (χ1) is 11.0. The van der Waals surface area contributed by atoms with Crippen LogP contribution in [0.4, 0.5) is 5.82 Å². The van der Waals surface area contributed by atoms with Crippen LogP contribution in [0.3, 0.4) is 0 Å². The molecule has 0 spiro atoms. The van der Waals surface area contributed by atoms with E-state index in [2.05, 4.69) is 11.1 Å².